The normalized spacial score (nSPS) is 12.6. The van der Waals surface area contributed by atoms with Crippen LogP contribution in [0.3, 0.4) is 0 Å². The van der Waals surface area contributed by atoms with Crippen LogP contribution in [0.2, 0.25) is 0 Å². The molecule has 0 unspecified atom stereocenters. The Bertz CT molecular complexity index is 494. The fourth-order valence-corrected chi connectivity index (χ4v) is 2.64. The van der Waals surface area contributed by atoms with E-state index in [1.807, 2.05) is 20.8 Å². The monoisotopic (exact) mass is 308 g/mol. The SMILES string of the molecule is CC(C)(C)Oc1ncc(Br)c(S(C)(=O)=O)n1. The van der Waals surface area contributed by atoms with Crippen LogP contribution in [0.5, 0.6) is 6.01 Å². The van der Waals surface area contributed by atoms with Crippen molar-refractivity contribution in [2.75, 3.05) is 6.26 Å². The minimum absolute atomic E-state index is 0.0520. The second kappa shape index (κ2) is 4.29. The van der Waals surface area contributed by atoms with E-state index in [2.05, 4.69) is 25.9 Å². The lowest BCUT2D eigenvalue weighted by Gasteiger charge is -2.19. The van der Waals surface area contributed by atoms with E-state index in [4.69, 9.17) is 4.74 Å². The summed E-state index contributed by atoms with van der Waals surface area (Å²) in [6, 6.07) is 0.0520. The lowest BCUT2D eigenvalue weighted by atomic mass is 10.2. The molecule has 0 atom stereocenters. The smallest absolute Gasteiger partial charge is 0.318 e. The second-order valence-corrected chi connectivity index (χ2v) is 7.08. The van der Waals surface area contributed by atoms with E-state index in [0.29, 0.717) is 4.47 Å². The van der Waals surface area contributed by atoms with Crippen molar-refractivity contribution in [2.24, 2.45) is 0 Å². The molecule has 0 N–H and O–H groups in total. The molecule has 1 aromatic heterocycles. The molecule has 0 aliphatic rings. The summed E-state index contributed by atoms with van der Waals surface area (Å²) < 4.78 is 28.5. The zero-order valence-corrected chi connectivity index (χ0v) is 11.9. The predicted octanol–water partition coefficient (Wildman–Crippen LogP) is 1.82. The highest BCUT2D eigenvalue weighted by atomic mass is 79.9. The molecule has 0 aliphatic carbocycles. The molecule has 0 saturated heterocycles. The summed E-state index contributed by atoms with van der Waals surface area (Å²) in [5.41, 5.74) is -0.470. The molecule has 0 saturated carbocycles. The van der Waals surface area contributed by atoms with E-state index >= 15 is 0 Å². The maximum absolute atomic E-state index is 11.4. The Labute approximate surface area is 103 Å². The van der Waals surface area contributed by atoms with Gasteiger partial charge >= 0.3 is 6.01 Å². The van der Waals surface area contributed by atoms with Crippen LogP contribution in [0.25, 0.3) is 0 Å². The number of halogens is 1. The molecule has 0 spiro atoms. The van der Waals surface area contributed by atoms with Crippen molar-refractivity contribution >= 4 is 25.8 Å². The molecule has 0 amide bonds. The van der Waals surface area contributed by atoms with Crippen molar-refractivity contribution < 1.29 is 13.2 Å². The molecular weight excluding hydrogens is 296 g/mol. The molecule has 7 heteroatoms. The van der Waals surface area contributed by atoms with Crippen LogP contribution < -0.4 is 4.74 Å². The van der Waals surface area contributed by atoms with Crippen molar-refractivity contribution in [1.82, 2.24) is 9.97 Å². The van der Waals surface area contributed by atoms with E-state index < -0.39 is 15.4 Å². The molecule has 16 heavy (non-hydrogen) atoms. The molecule has 1 rings (SSSR count). The highest BCUT2D eigenvalue weighted by molar-refractivity contribution is 9.10. The average molecular weight is 309 g/mol. The number of hydrogen-bond donors (Lipinski definition) is 0. The third-order valence-electron chi connectivity index (χ3n) is 1.44. The first-order chi connectivity index (χ1) is 7.09. The van der Waals surface area contributed by atoms with Gasteiger partial charge in [-0.05, 0) is 36.7 Å². The third-order valence-corrected chi connectivity index (χ3v) is 3.29. The number of hydrogen-bond acceptors (Lipinski definition) is 5. The summed E-state index contributed by atoms with van der Waals surface area (Å²) >= 11 is 3.09. The van der Waals surface area contributed by atoms with Crippen LogP contribution in [-0.4, -0.2) is 30.2 Å². The number of rotatable bonds is 2. The molecular formula is C9H13BrN2O3S. The second-order valence-electron chi connectivity index (χ2n) is 4.29. The highest BCUT2D eigenvalue weighted by Crippen LogP contribution is 2.22. The average Bonchev–Trinajstić information content (AvgIpc) is 2.04. The van der Waals surface area contributed by atoms with Gasteiger partial charge in [0.15, 0.2) is 14.9 Å². The maximum Gasteiger partial charge on any atom is 0.318 e. The molecule has 0 aromatic carbocycles. The van der Waals surface area contributed by atoms with Gasteiger partial charge in [0, 0.05) is 12.5 Å². The van der Waals surface area contributed by atoms with Gasteiger partial charge in [0.25, 0.3) is 0 Å². The summed E-state index contributed by atoms with van der Waals surface area (Å²) in [5, 5.41) is -0.0678. The Balaban J connectivity index is 3.19. The van der Waals surface area contributed by atoms with E-state index in [1.54, 1.807) is 0 Å². The summed E-state index contributed by atoms with van der Waals surface area (Å²) in [6.07, 6.45) is 2.45. The summed E-state index contributed by atoms with van der Waals surface area (Å²) in [7, 11) is -3.39. The predicted molar refractivity (Wildman–Crippen MR) is 63.2 cm³/mol. The number of sulfone groups is 1. The quantitative estimate of drug-likeness (QED) is 0.779. The van der Waals surface area contributed by atoms with Crippen LogP contribution in [-0.2, 0) is 9.84 Å². The van der Waals surface area contributed by atoms with Crippen molar-refractivity contribution in [2.45, 2.75) is 31.4 Å². The third kappa shape index (κ3) is 3.71. The Morgan fingerprint density at radius 2 is 1.94 bits per heavy atom. The topological polar surface area (TPSA) is 69.2 Å². The van der Waals surface area contributed by atoms with Gasteiger partial charge in [0.05, 0.1) is 4.47 Å². The lowest BCUT2D eigenvalue weighted by Crippen LogP contribution is -2.24. The van der Waals surface area contributed by atoms with Gasteiger partial charge in [-0.15, -0.1) is 0 Å². The van der Waals surface area contributed by atoms with Crippen LogP contribution >= 0.6 is 15.9 Å². The molecule has 0 fully saturated rings. The van der Waals surface area contributed by atoms with E-state index in [-0.39, 0.29) is 11.0 Å². The fraction of sp³-hybridized carbons (Fsp3) is 0.556. The molecule has 0 aliphatic heterocycles. The standard InChI is InChI=1S/C9H13BrN2O3S/c1-9(2,3)15-8-11-5-6(10)7(12-8)16(4,13)14/h5H,1-4H3. The first-order valence-corrected chi connectivity index (χ1v) is 7.20. The lowest BCUT2D eigenvalue weighted by molar-refractivity contribution is 0.115. The van der Waals surface area contributed by atoms with Gasteiger partial charge in [-0.1, -0.05) is 0 Å². The Hall–Kier alpha value is -0.690. The van der Waals surface area contributed by atoms with Gasteiger partial charge in [-0.3, -0.25) is 0 Å². The maximum atomic E-state index is 11.4. The van der Waals surface area contributed by atoms with Gasteiger partial charge in [-0.2, -0.15) is 4.98 Å². The minimum atomic E-state index is -3.39. The van der Waals surface area contributed by atoms with E-state index in [0.717, 1.165) is 6.26 Å². The summed E-state index contributed by atoms with van der Waals surface area (Å²) in [4.78, 5) is 7.75. The molecule has 0 bridgehead atoms. The molecule has 1 heterocycles. The zero-order chi connectivity index (χ0) is 12.6. The first kappa shape index (κ1) is 13.4. The van der Waals surface area contributed by atoms with Crippen molar-refractivity contribution in [3.8, 4) is 6.01 Å². The van der Waals surface area contributed by atoms with E-state index in [1.165, 1.54) is 6.20 Å². The number of nitrogens with zero attached hydrogens (tertiary/aromatic N) is 2. The molecule has 90 valence electrons. The van der Waals surface area contributed by atoms with Crippen LogP contribution in [0.4, 0.5) is 0 Å². The van der Waals surface area contributed by atoms with E-state index in [9.17, 15) is 8.42 Å². The van der Waals surface area contributed by atoms with Gasteiger partial charge in [0.1, 0.15) is 5.60 Å². The molecule has 0 radical (unpaired) electrons. The first-order valence-electron chi connectivity index (χ1n) is 4.51. The van der Waals surface area contributed by atoms with Crippen LogP contribution in [0, 0.1) is 0 Å². The van der Waals surface area contributed by atoms with Crippen molar-refractivity contribution in [1.29, 1.82) is 0 Å². The largest absolute Gasteiger partial charge is 0.458 e. The fourth-order valence-electron chi connectivity index (χ4n) is 0.919. The highest BCUT2D eigenvalue weighted by Gasteiger charge is 2.19. The molecule has 5 nitrogen and oxygen atoms in total. The van der Waals surface area contributed by atoms with Gasteiger partial charge in [0.2, 0.25) is 0 Å². The minimum Gasteiger partial charge on any atom is -0.458 e. The number of ether oxygens (including phenoxy) is 1. The van der Waals surface area contributed by atoms with Gasteiger partial charge < -0.3 is 4.74 Å². The van der Waals surface area contributed by atoms with Crippen molar-refractivity contribution in [3.05, 3.63) is 10.7 Å². The summed E-state index contributed by atoms with van der Waals surface area (Å²) in [5.74, 6) is 0. The Kier molecular flexibility index (Phi) is 3.59. The Morgan fingerprint density at radius 1 is 1.38 bits per heavy atom. The molecule has 1 aromatic rings. The van der Waals surface area contributed by atoms with Crippen LogP contribution in [0.15, 0.2) is 15.7 Å². The van der Waals surface area contributed by atoms with Crippen molar-refractivity contribution in [3.63, 3.8) is 0 Å². The van der Waals surface area contributed by atoms with Gasteiger partial charge in [-0.25, -0.2) is 13.4 Å². The zero-order valence-electron chi connectivity index (χ0n) is 9.48. The van der Waals surface area contributed by atoms with Crippen LogP contribution in [0.1, 0.15) is 20.8 Å². The Morgan fingerprint density at radius 3 is 2.38 bits per heavy atom. The summed E-state index contributed by atoms with van der Waals surface area (Å²) in [6.45, 7) is 5.50. The number of aromatic nitrogens is 2.